The minimum absolute atomic E-state index is 0.0414. The molecule has 7 rings (SSSR count). The van der Waals surface area contributed by atoms with Crippen LogP contribution in [-0.4, -0.2) is 30.4 Å². The number of halogens is 24. The number of aryl methyl sites for hydroxylation is 1. The predicted molar refractivity (Wildman–Crippen MR) is 250 cm³/mol. The Kier molecular flexibility index (Phi) is 17.6. The Balaban J connectivity index is 1.69. The smallest absolute Gasteiger partial charge is 0.490 e. The van der Waals surface area contributed by atoms with Gasteiger partial charge in [0, 0.05) is 27.5 Å². The Labute approximate surface area is 459 Å². The molecule has 1 aliphatic rings. The lowest BCUT2D eigenvalue weighted by molar-refractivity contribution is -0.146. The van der Waals surface area contributed by atoms with Crippen LogP contribution in [0.5, 0.6) is 17.2 Å². The molecule has 0 bridgehead atoms. The lowest BCUT2D eigenvalue weighted by atomic mass is 9.95. The fraction of sp³-hybridized carbons (Fsp3) is 0.283. The van der Waals surface area contributed by atoms with Gasteiger partial charge in [0.1, 0.15) is 17.2 Å². The van der Waals surface area contributed by atoms with Crippen molar-refractivity contribution < 1.29 is 129 Å². The number of hydrogen-bond donors (Lipinski definition) is 0. The van der Waals surface area contributed by atoms with E-state index in [0.29, 0.717) is 18.4 Å². The van der Waals surface area contributed by atoms with Crippen molar-refractivity contribution in [1.82, 2.24) is 0 Å². The normalized spacial score (nSPS) is 15.1. The molecule has 0 spiro atoms. The Morgan fingerprint density at radius 2 is 0.810 bits per heavy atom. The van der Waals surface area contributed by atoms with Gasteiger partial charge in [-0.15, -0.1) is 0 Å². The van der Waals surface area contributed by atoms with E-state index >= 15 is 31.1 Å². The van der Waals surface area contributed by atoms with Crippen molar-refractivity contribution in [2.75, 3.05) is 11.5 Å². The van der Waals surface area contributed by atoms with E-state index in [2.05, 4.69) is 0 Å². The lowest BCUT2D eigenvalue weighted by Gasteiger charge is -2.43. The topological polar surface area (TPSA) is 61.8 Å². The molecule has 0 radical (unpaired) electrons. The molecule has 31 heteroatoms. The number of Topliss-reactive ketones (excluding diaryl/α,β-unsaturated/α-hetero) is 2. The number of carbonyl (C=O) groups is 2. The van der Waals surface area contributed by atoms with E-state index in [0.717, 1.165) is 30.3 Å². The van der Waals surface area contributed by atoms with Crippen molar-refractivity contribution in [3.8, 4) is 17.2 Å². The van der Waals surface area contributed by atoms with Gasteiger partial charge in [-0.2, -0.15) is 115 Å². The molecule has 1 aliphatic carbocycles. The number of ketones is 2. The van der Waals surface area contributed by atoms with Crippen molar-refractivity contribution in [1.29, 1.82) is 0 Å². The van der Waals surface area contributed by atoms with Crippen LogP contribution in [0.25, 0.3) is 0 Å². The molecule has 6 aromatic rings. The molecule has 1 unspecified atom stereocenters. The van der Waals surface area contributed by atoms with E-state index in [1.807, 2.05) is 0 Å². The van der Waals surface area contributed by atoms with Crippen molar-refractivity contribution in [3.05, 3.63) is 182 Å². The zero-order valence-electron chi connectivity index (χ0n) is 41.5. The van der Waals surface area contributed by atoms with E-state index < -0.39 is 227 Å². The van der Waals surface area contributed by atoms with E-state index in [1.165, 1.54) is 18.2 Å². The van der Waals surface area contributed by atoms with Crippen LogP contribution in [0.2, 0.25) is 0 Å². The van der Waals surface area contributed by atoms with Gasteiger partial charge in [-0.25, -0.2) is 0 Å². The van der Waals surface area contributed by atoms with Gasteiger partial charge in [-0.1, -0.05) is 55.0 Å². The second kappa shape index (κ2) is 23.0. The highest BCUT2D eigenvalue weighted by molar-refractivity contribution is 8.34. The summed E-state index contributed by atoms with van der Waals surface area (Å²) in [5, 5.41) is 0. The number of fused-ring (bicyclic) bond motifs is 1. The predicted octanol–water partition coefficient (Wildman–Crippen LogP) is 18.6. The van der Waals surface area contributed by atoms with Crippen LogP contribution in [0.1, 0.15) is 95.6 Å². The quantitative estimate of drug-likeness (QED) is 0.0471. The third-order valence-electron chi connectivity index (χ3n) is 12.7. The summed E-state index contributed by atoms with van der Waals surface area (Å²) in [4.78, 5) is 26.1. The van der Waals surface area contributed by atoms with E-state index in [4.69, 9.17) is 14.0 Å². The summed E-state index contributed by atoms with van der Waals surface area (Å²) in [6.45, 7) is 0. The Bertz CT molecular complexity index is 3240. The molecule has 0 fully saturated rings. The SMILES string of the molecule is O=C(CS(CC(=O)c1cccc2c1CCCCC2)(c1cc(C(F)(F)F)cc(C(F)(F)F)c1)c1c(OB(Oc2cc(C(F)(F)F)cc(C(F)(F)F)c2)Oc2cc(C(F)(F)F)cc(C(F)(F)F)c2)cc(C(F)(F)F)cc1C(F)(F)F)c1ccccc1. The number of benzene rings is 6. The van der Waals surface area contributed by atoms with Gasteiger partial charge < -0.3 is 14.0 Å². The van der Waals surface area contributed by atoms with Gasteiger partial charge in [0.15, 0.2) is 11.6 Å². The molecule has 0 aliphatic heterocycles. The van der Waals surface area contributed by atoms with Gasteiger partial charge in [-0.05, 0) is 108 Å². The molecular formula is C53H33BF24O5S. The van der Waals surface area contributed by atoms with Crippen molar-refractivity contribution in [3.63, 3.8) is 0 Å². The Hall–Kier alpha value is -7.21. The number of rotatable bonds is 14. The summed E-state index contributed by atoms with van der Waals surface area (Å²) < 4.78 is 370. The second-order valence-corrected chi connectivity index (χ2v) is 21.8. The van der Waals surface area contributed by atoms with Gasteiger partial charge in [0.25, 0.3) is 0 Å². The first-order valence-corrected chi connectivity index (χ1v) is 25.6. The molecule has 1 atom stereocenters. The van der Waals surface area contributed by atoms with Crippen LogP contribution in [0.4, 0.5) is 105 Å². The molecule has 0 saturated carbocycles. The molecule has 84 heavy (non-hydrogen) atoms. The highest BCUT2D eigenvalue weighted by Gasteiger charge is 2.51. The summed E-state index contributed by atoms with van der Waals surface area (Å²) in [5.74, 6) is -13.3. The zero-order chi connectivity index (χ0) is 62.6. The largest absolute Gasteiger partial charge is 0.864 e. The lowest BCUT2D eigenvalue weighted by Crippen LogP contribution is -2.38. The summed E-state index contributed by atoms with van der Waals surface area (Å²) in [7, 11) is -9.49. The highest BCUT2D eigenvalue weighted by Crippen LogP contribution is 2.69. The van der Waals surface area contributed by atoms with Crippen LogP contribution in [0.15, 0.2) is 125 Å². The first-order chi connectivity index (χ1) is 38.4. The maximum atomic E-state index is 16.2. The first-order valence-electron chi connectivity index (χ1n) is 23.7. The highest BCUT2D eigenvalue weighted by atomic mass is 32.3. The van der Waals surface area contributed by atoms with Crippen LogP contribution < -0.4 is 14.0 Å². The fourth-order valence-electron chi connectivity index (χ4n) is 8.94. The summed E-state index contributed by atoms with van der Waals surface area (Å²) >= 11 is 0. The number of alkyl halides is 24. The van der Waals surface area contributed by atoms with Crippen LogP contribution in [0.3, 0.4) is 0 Å². The van der Waals surface area contributed by atoms with E-state index in [1.54, 1.807) is 0 Å². The average molecular weight is 1250 g/mol. The third kappa shape index (κ3) is 15.0. The second-order valence-electron chi connectivity index (χ2n) is 18.6. The molecule has 6 aromatic carbocycles. The van der Waals surface area contributed by atoms with Gasteiger partial charge in [-0.3, -0.25) is 9.59 Å². The molecule has 452 valence electrons. The minimum Gasteiger partial charge on any atom is -0.490 e. The molecule has 5 nitrogen and oxygen atoms in total. The molecular weight excluding hydrogens is 1220 g/mol. The maximum absolute atomic E-state index is 16.2. The number of carbonyl (C=O) groups excluding carboxylic acids is 2. The fourth-order valence-corrected chi connectivity index (χ4v) is 12.9. The van der Waals surface area contributed by atoms with Crippen LogP contribution in [-0.2, 0) is 62.3 Å². The molecule has 0 saturated heterocycles. The average Bonchev–Trinajstić information content (AvgIpc) is 0.791. The monoisotopic (exact) mass is 1250 g/mol. The Morgan fingerprint density at radius 1 is 0.405 bits per heavy atom. The molecule has 0 aromatic heterocycles. The minimum atomic E-state index is -6.48. The standard InChI is InChI=1S/C53H33BF24O5S/c55-46(56,57)29-14-30(47(58,59)60)18-36(17-29)81-54(82-37-19-31(48(61,62)63)15-32(20-37)49(64,65)66)83-44-24-35(52(73,74)75)23-41(53(76,77)78)45(44)84(25-42(79)28-9-4-1-5-10-28,38-21-33(50(67,68)69)16-34(22-38)51(70,71)72)26-43(80)40-13-7-11-27-8-3-2-6-12-39(27)40/h1,4-5,7,9-11,13-24H,2-3,6,8,12,25-26H2. The van der Waals surface area contributed by atoms with E-state index in [9.17, 15) is 83.8 Å². The van der Waals surface area contributed by atoms with Crippen molar-refractivity contribution in [2.45, 2.75) is 91.3 Å². The Morgan fingerprint density at radius 3 is 1.24 bits per heavy atom. The molecule has 0 heterocycles. The summed E-state index contributed by atoms with van der Waals surface area (Å²) in [5.41, 5.74) is -20.5. The van der Waals surface area contributed by atoms with E-state index in [-0.39, 0.29) is 37.0 Å². The third-order valence-corrected chi connectivity index (χ3v) is 16.5. The van der Waals surface area contributed by atoms with Gasteiger partial charge in [0.2, 0.25) is 0 Å². The zero-order valence-corrected chi connectivity index (χ0v) is 42.3. The van der Waals surface area contributed by atoms with Crippen LogP contribution in [0, 0.1) is 0 Å². The first kappa shape index (κ1) is 64.4. The van der Waals surface area contributed by atoms with Crippen LogP contribution >= 0.6 is 10.0 Å². The van der Waals surface area contributed by atoms with Gasteiger partial charge in [0.05, 0.1) is 44.5 Å². The van der Waals surface area contributed by atoms with Crippen molar-refractivity contribution in [2.24, 2.45) is 0 Å². The van der Waals surface area contributed by atoms with Crippen molar-refractivity contribution >= 4 is 28.9 Å². The number of hydrogen-bond acceptors (Lipinski definition) is 5. The summed E-state index contributed by atoms with van der Waals surface area (Å²) in [6, 6.07) is 3.20. The van der Waals surface area contributed by atoms with Gasteiger partial charge >= 0.3 is 56.7 Å². The summed E-state index contributed by atoms with van der Waals surface area (Å²) in [6.07, 6.45) is -46.7. The molecule has 0 N–H and O–H groups in total. The maximum Gasteiger partial charge on any atom is 0.864 e. The molecule has 0 amide bonds.